The van der Waals surface area contributed by atoms with Gasteiger partial charge in [0.05, 0.1) is 0 Å². The molecule has 0 unspecified atom stereocenters. The number of hydrogen-bond donors (Lipinski definition) is 2. The first-order valence-electron chi connectivity index (χ1n) is 4.77. The van der Waals surface area contributed by atoms with Gasteiger partial charge >= 0.3 is 5.97 Å². The predicted molar refractivity (Wildman–Crippen MR) is 65.8 cm³/mol. The summed E-state index contributed by atoms with van der Waals surface area (Å²) in [5, 5.41) is 11.3. The zero-order valence-corrected chi connectivity index (χ0v) is 10.5. The van der Waals surface area contributed by atoms with Gasteiger partial charge in [-0.3, -0.25) is 9.78 Å². The average Bonchev–Trinajstić information content (AvgIpc) is 2.28. The number of halogens is 1. The number of aliphatic carboxylic acids is 1. The number of hydrogen-bond acceptors (Lipinski definition) is 3. The lowest BCUT2D eigenvalue weighted by atomic mass is 10.2. The van der Waals surface area contributed by atoms with Gasteiger partial charge < -0.3 is 10.4 Å². The van der Waals surface area contributed by atoms with E-state index in [9.17, 15) is 9.59 Å². The Bertz CT molecular complexity index is 434. The van der Waals surface area contributed by atoms with Crippen LogP contribution in [-0.2, 0) is 4.79 Å². The number of carboxylic acid groups (broad SMARTS) is 1. The number of carboxylic acids is 1. The summed E-state index contributed by atoms with van der Waals surface area (Å²) in [5.74, 6) is -1.55. The Balaban J connectivity index is 2.71. The summed E-state index contributed by atoms with van der Waals surface area (Å²) in [5.41, 5.74) is 0.367. The topological polar surface area (TPSA) is 79.3 Å². The van der Waals surface area contributed by atoms with E-state index in [2.05, 4.69) is 32.8 Å². The second kappa shape index (κ2) is 6.15. The number of carbonyl (C=O) groups is 2. The van der Waals surface area contributed by atoms with Crippen molar-refractivity contribution >= 4 is 27.8 Å². The summed E-state index contributed by atoms with van der Waals surface area (Å²) in [6.45, 7) is 3.55. The minimum atomic E-state index is -1.10. The second-order valence-electron chi connectivity index (χ2n) is 3.32. The van der Waals surface area contributed by atoms with Crippen LogP contribution in [0.5, 0.6) is 0 Å². The van der Waals surface area contributed by atoms with Crippen LogP contribution in [0.25, 0.3) is 0 Å². The number of nitrogens with zero attached hydrogens (tertiary/aromatic N) is 1. The van der Waals surface area contributed by atoms with Crippen LogP contribution >= 0.6 is 15.9 Å². The molecular weight excluding hydrogens is 288 g/mol. The van der Waals surface area contributed by atoms with E-state index >= 15 is 0 Å². The van der Waals surface area contributed by atoms with Crippen LogP contribution in [0, 0.1) is 0 Å². The first-order valence-corrected chi connectivity index (χ1v) is 5.57. The standard InChI is InChI=1S/C11H11BrN2O3/c1-7(12)6-9(11(16)17)14-10(15)8-2-4-13-5-3-8/h2-5,9H,1,6H2,(H,14,15)(H,16,17)/t9-/m0/s1. The van der Waals surface area contributed by atoms with Gasteiger partial charge in [0.15, 0.2) is 0 Å². The quantitative estimate of drug-likeness (QED) is 0.865. The van der Waals surface area contributed by atoms with Crippen molar-refractivity contribution < 1.29 is 14.7 Å². The van der Waals surface area contributed by atoms with E-state index in [1.165, 1.54) is 24.5 Å². The van der Waals surface area contributed by atoms with Crippen LogP contribution in [-0.4, -0.2) is 28.0 Å². The molecule has 1 atom stereocenters. The summed E-state index contributed by atoms with van der Waals surface area (Å²) < 4.78 is 0.514. The summed E-state index contributed by atoms with van der Waals surface area (Å²) in [7, 11) is 0. The van der Waals surface area contributed by atoms with Crippen molar-refractivity contribution in [3.05, 3.63) is 41.2 Å². The maximum Gasteiger partial charge on any atom is 0.326 e. The molecule has 1 aromatic rings. The Hall–Kier alpha value is -1.69. The lowest BCUT2D eigenvalue weighted by molar-refractivity contribution is -0.139. The van der Waals surface area contributed by atoms with Gasteiger partial charge in [0.25, 0.3) is 5.91 Å². The van der Waals surface area contributed by atoms with Gasteiger partial charge in [0, 0.05) is 24.4 Å². The molecule has 6 heteroatoms. The van der Waals surface area contributed by atoms with Crippen LogP contribution in [0.1, 0.15) is 16.8 Å². The van der Waals surface area contributed by atoms with Gasteiger partial charge in [-0.05, 0) is 16.6 Å². The molecule has 1 aromatic heterocycles. The zero-order valence-electron chi connectivity index (χ0n) is 8.89. The molecule has 0 aliphatic rings. The predicted octanol–water partition coefficient (Wildman–Crippen LogP) is 1.56. The fourth-order valence-electron chi connectivity index (χ4n) is 1.17. The van der Waals surface area contributed by atoms with Crippen molar-refractivity contribution in [2.24, 2.45) is 0 Å². The van der Waals surface area contributed by atoms with Crippen LogP contribution in [0.4, 0.5) is 0 Å². The van der Waals surface area contributed by atoms with Gasteiger partial charge in [-0.1, -0.05) is 22.5 Å². The van der Waals surface area contributed by atoms with Crippen molar-refractivity contribution in [2.75, 3.05) is 0 Å². The van der Waals surface area contributed by atoms with Crippen molar-refractivity contribution in [3.63, 3.8) is 0 Å². The third-order valence-corrected chi connectivity index (χ3v) is 2.30. The first kappa shape index (κ1) is 13.4. The van der Waals surface area contributed by atoms with E-state index in [1.54, 1.807) is 0 Å². The average molecular weight is 299 g/mol. The van der Waals surface area contributed by atoms with Gasteiger partial charge in [-0.2, -0.15) is 0 Å². The van der Waals surface area contributed by atoms with Crippen molar-refractivity contribution in [3.8, 4) is 0 Å². The van der Waals surface area contributed by atoms with E-state index in [4.69, 9.17) is 5.11 Å². The molecule has 5 nitrogen and oxygen atoms in total. The highest BCUT2D eigenvalue weighted by Crippen LogP contribution is 2.10. The second-order valence-corrected chi connectivity index (χ2v) is 4.44. The molecule has 0 aliphatic heterocycles. The maximum absolute atomic E-state index is 11.7. The Kier molecular flexibility index (Phi) is 4.84. The summed E-state index contributed by atoms with van der Waals surface area (Å²) in [6, 6.07) is 2.02. The fraction of sp³-hybridized carbons (Fsp3) is 0.182. The highest BCUT2D eigenvalue weighted by atomic mass is 79.9. The lowest BCUT2D eigenvalue weighted by Crippen LogP contribution is -2.40. The van der Waals surface area contributed by atoms with Gasteiger partial charge in [-0.25, -0.2) is 4.79 Å². The van der Waals surface area contributed by atoms with Crippen LogP contribution in [0.3, 0.4) is 0 Å². The molecule has 0 saturated carbocycles. The Morgan fingerprint density at radius 3 is 2.53 bits per heavy atom. The van der Waals surface area contributed by atoms with Crippen LogP contribution in [0.2, 0.25) is 0 Å². The summed E-state index contributed by atoms with van der Waals surface area (Å²) in [4.78, 5) is 26.4. The van der Waals surface area contributed by atoms with Gasteiger partial charge in [-0.15, -0.1) is 0 Å². The number of amides is 1. The normalized spacial score (nSPS) is 11.6. The molecule has 1 heterocycles. The molecule has 0 saturated heterocycles. The monoisotopic (exact) mass is 298 g/mol. The maximum atomic E-state index is 11.7. The van der Waals surface area contributed by atoms with Crippen LogP contribution < -0.4 is 5.32 Å². The van der Waals surface area contributed by atoms with Crippen molar-refractivity contribution in [2.45, 2.75) is 12.5 Å². The Morgan fingerprint density at radius 2 is 2.06 bits per heavy atom. The van der Waals surface area contributed by atoms with Crippen molar-refractivity contribution in [1.82, 2.24) is 10.3 Å². The van der Waals surface area contributed by atoms with E-state index in [1.807, 2.05) is 0 Å². The molecule has 1 rings (SSSR count). The third-order valence-electron chi connectivity index (χ3n) is 1.97. The fourth-order valence-corrected chi connectivity index (χ4v) is 1.49. The Morgan fingerprint density at radius 1 is 1.47 bits per heavy atom. The van der Waals surface area contributed by atoms with E-state index in [-0.39, 0.29) is 6.42 Å². The molecular formula is C11H11BrN2O3. The number of pyridine rings is 1. The summed E-state index contributed by atoms with van der Waals surface area (Å²) in [6.07, 6.45) is 3.06. The number of carbonyl (C=O) groups excluding carboxylic acids is 1. The smallest absolute Gasteiger partial charge is 0.326 e. The largest absolute Gasteiger partial charge is 0.480 e. The highest BCUT2D eigenvalue weighted by molar-refractivity contribution is 9.11. The van der Waals surface area contributed by atoms with E-state index in [0.29, 0.717) is 10.0 Å². The minimum Gasteiger partial charge on any atom is -0.480 e. The first-order chi connectivity index (χ1) is 8.00. The van der Waals surface area contributed by atoms with E-state index in [0.717, 1.165) is 0 Å². The molecule has 0 bridgehead atoms. The molecule has 0 radical (unpaired) electrons. The molecule has 2 N–H and O–H groups in total. The molecule has 0 aromatic carbocycles. The third kappa shape index (κ3) is 4.36. The number of nitrogens with one attached hydrogen (secondary N) is 1. The molecule has 0 aliphatic carbocycles. The van der Waals surface area contributed by atoms with Crippen molar-refractivity contribution in [1.29, 1.82) is 0 Å². The molecule has 0 spiro atoms. The van der Waals surface area contributed by atoms with E-state index < -0.39 is 17.9 Å². The van der Waals surface area contributed by atoms with Gasteiger partial charge in [0.1, 0.15) is 6.04 Å². The molecule has 0 fully saturated rings. The molecule has 17 heavy (non-hydrogen) atoms. The molecule has 1 amide bonds. The number of rotatable bonds is 5. The minimum absolute atomic E-state index is 0.131. The van der Waals surface area contributed by atoms with Gasteiger partial charge in [0.2, 0.25) is 0 Å². The number of aromatic nitrogens is 1. The zero-order chi connectivity index (χ0) is 12.8. The lowest BCUT2D eigenvalue weighted by Gasteiger charge is -2.13. The van der Waals surface area contributed by atoms with Crippen LogP contribution in [0.15, 0.2) is 35.6 Å². The summed E-state index contributed by atoms with van der Waals surface area (Å²) >= 11 is 3.07. The molecule has 90 valence electrons. The Labute approximate surface area is 107 Å². The highest BCUT2D eigenvalue weighted by Gasteiger charge is 2.20. The SMILES string of the molecule is C=C(Br)C[C@H](NC(=O)c1ccncc1)C(=O)O.